The second-order valence-electron chi connectivity index (χ2n) is 4.69. The zero-order valence-electron chi connectivity index (χ0n) is 11.9. The van der Waals surface area contributed by atoms with E-state index in [9.17, 15) is 0 Å². The average molecular weight is 327 g/mol. The molecule has 2 aromatic rings. The maximum atomic E-state index is 3.40. The number of hydrogen-bond acceptors (Lipinski definition) is 0. The summed E-state index contributed by atoms with van der Waals surface area (Å²) < 4.78 is 1.45. The van der Waals surface area contributed by atoms with Crippen LogP contribution in [0.15, 0.2) is 60.7 Å². The summed E-state index contributed by atoms with van der Waals surface area (Å²) in [5, 5.41) is 0. The standard InChI is InChI=1S/C19H20Se/c1-2-10-18(20-19-14-7-4-8-15-19)16-9-13-17-11-5-3-6-12-17/h3-8,11-12,14-15,18H,9,13,16H2,1H3. The van der Waals surface area contributed by atoms with E-state index in [-0.39, 0.29) is 0 Å². The van der Waals surface area contributed by atoms with Crippen LogP contribution >= 0.6 is 0 Å². The maximum absolute atomic E-state index is 3.40. The fraction of sp³-hybridized carbons (Fsp3) is 0.263. The first-order chi connectivity index (χ1) is 9.88. The van der Waals surface area contributed by atoms with Crippen LogP contribution in [-0.2, 0) is 6.42 Å². The van der Waals surface area contributed by atoms with Crippen LogP contribution < -0.4 is 4.46 Å². The molecule has 2 rings (SSSR count). The molecule has 0 bridgehead atoms. The van der Waals surface area contributed by atoms with E-state index in [0.717, 1.165) is 6.42 Å². The van der Waals surface area contributed by atoms with Crippen molar-refractivity contribution in [2.45, 2.75) is 31.0 Å². The van der Waals surface area contributed by atoms with Gasteiger partial charge < -0.3 is 0 Å². The van der Waals surface area contributed by atoms with Gasteiger partial charge in [0.05, 0.1) is 0 Å². The molecular weight excluding hydrogens is 307 g/mol. The third kappa shape index (κ3) is 5.25. The summed E-state index contributed by atoms with van der Waals surface area (Å²) in [6.45, 7) is 1.95. The van der Waals surface area contributed by atoms with Crippen molar-refractivity contribution in [2.24, 2.45) is 0 Å². The van der Waals surface area contributed by atoms with E-state index >= 15 is 0 Å². The van der Waals surface area contributed by atoms with Crippen LogP contribution in [0.3, 0.4) is 0 Å². The molecule has 1 unspecified atom stereocenters. The Morgan fingerprint density at radius 1 is 0.950 bits per heavy atom. The van der Waals surface area contributed by atoms with Crippen molar-refractivity contribution in [3.05, 3.63) is 66.2 Å². The molecule has 0 heterocycles. The van der Waals surface area contributed by atoms with E-state index in [1.54, 1.807) is 0 Å². The van der Waals surface area contributed by atoms with Crippen LogP contribution in [0.5, 0.6) is 0 Å². The van der Waals surface area contributed by atoms with E-state index in [2.05, 4.69) is 72.5 Å². The molecule has 0 fully saturated rings. The van der Waals surface area contributed by atoms with Crippen molar-refractivity contribution in [3.8, 4) is 11.8 Å². The van der Waals surface area contributed by atoms with Gasteiger partial charge in [-0.15, -0.1) is 0 Å². The van der Waals surface area contributed by atoms with Crippen LogP contribution in [0, 0.1) is 11.8 Å². The molecule has 0 amide bonds. The Labute approximate surface area is 128 Å². The summed E-state index contributed by atoms with van der Waals surface area (Å²) >= 11 is 0.459. The van der Waals surface area contributed by atoms with Crippen molar-refractivity contribution < 1.29 is 0 Å². The van der Waals surface area contributed by atoms with Crippen LogP contribution in [-0.4, -0.2) is 15.0 Å². The zero-order chi connectivity index (χ0) is 14.0. The molecule has 0 aliphatic carbocycles. The number of aryl methyl sites for hydroxylation is 1. The summed E-state index contributed by atoms with van der Waals surface area (Å²) in [5.74, 6) is 6.50. The van der Waals surface area contributed by atoms with Gasteiger partial charge in [0.2, 0.25) is 0 Å². The van der Waals surface area contributed by atoms with Gasteiger partial charge in [0.25, 0.3) is 0 Å². The van der Waals surface area contributed by atoms with E-state index in [4.69, 9.17) is 0 Å². The summed E-state index contributed by atoms with van der Waals surface area (Å²) in [5.41, 5.74) is 1.43. The molecule has 0 aromatic heterocycles. The summed E-state index contributed by atoms with van der Waals surface area (Å²) in [6.07, 6.45) is 3.58. The van der Waals surface area contributed by atoms with Gasteiger partial charge in [-0.1, -0.05) is 0 Å². The van der Waals surface area contributed by atoms with Crippen molar-refractivity contribution >= 4 is 19.4 Å². The van der Waals surface area contributed by atoms with Gasteiger partial charge >= 0.3 is 128 Å². The van der Waals surface area contributed by atoms with E-state index in [1.165, 1.54) is 22.9 Å². The average Bonchev–Trinajstić information content (AvgIpc) is 2.49. The predicted octanol–water partition coefficient (Wildman–Crippen LogP) is 3.85. The first-order valence-corrected chi connectivity index (χ1v) is 8.91. The van der Waals surface area contributed by atoms with Crippen LogP contribution in [0.4, 0.5) is 0 Å². The van der Waals surface area contributed by atoms with Gasteiger partial charge in [-0.05, 0) is 0 Å². The molecule has 0 spiro atoms. The summed E-state index contributed by atoms with van der Waals surface area (Å²) in [6, 6.07) is 21.5. The molecule has 0 aliphatic rings. The fourth-order valence-electron chi connectivity index (χ4n) is 2.12. The Morgan fingerprint density at radius 2 is 1.60 bits per heavy atom. The van der Waals surface area contributed by atoms with Crippen molar-refractivity contribution in [2.75, 3.05) is 0 Å². The molecule has 0 N–H and O–H groups in total. The van der Waals surface area contributed by atoms with E-state index in [0.29, 0.717) is 19.8 Å². The molecule has 102 valence electrons. The Kier molecular flexibility index (Phi) is 6.45. The Balaban J connectivity index is 1.85. The topological polar surface area (TPSA) is 0 Å². The molecule has 20 heavy (non-hydrogen) atoms. The Morgan fingerprint density at radius 3 is 2.25 bits per heavy atom. The number of rotatable bonds is 6. The van der Waals surface area contributed by atoms with Crippen LogP contribution in [0.1, 0.15) is 25.3 Å². The Bertz CT molecular complexity index is 549. The Hall–Kier alpha value is -1.48. The molecule has 0 radical (unpaired) electrons. The normalized spacial score (nSPS) is 11.4. The van der Waals surface area contributed by atoms with Crippen LogP contribution in [0.25, 0.3) is 0 Å². The predicted molar refractivity (Wildman–Crippen MR) is 88.4 cm³/mol. The second-order valence-corrected chi connectivity index (χ2v) is 7.37. The van der Waals surface area contributed by atoms with Gasteiger partial charge in [-0.3, -0.25) is 0 Å². The van der Waals surface area contributed by atoms with E-state index in [1.807, 2.05) is 6.92 Å². The van der Waals surface area contributed by atoms with Gasteiger partial charge in [0.1, 0.15) is 0 Å². The molecule has 0 nitrogen and oxygen atoms in total. The van der Waals surface area contributed by atoms with Gasteiger partial charge in [-0.25, -0.2) is 0 Å². The summed E-state index contributed by atoms with van der Waals surface area (Å²) in [7, 11) is 0. The second kappa shape index (κ2) is 8.64. The molecule has 0 aliphatic heterocycles. The van der Waals surface area contributed by atoms with Crippen LogP contribution in [0.2, 0.25) is 4.82 Å². The molecule has 0 saturated carbocycles. The van der Waals surface area contributed by atoms with Gasteiger partial charge in [0, 0.05) is 0 Å². The molecular formula is C19H20Se. The first kappa shape index (κ1) is 14.9. The molecule has 0 saturated heterocycles. The third-order valence-electron chi connectivity index (χ3n) is 3.10. The van der Waals surface area contributed by atoms with Crippen molar-refractivity contribution in [1.82, 2.24) is 0 Å². The fourth-order valence-corrected chi connectivity index (χ4v) is 4.44. The molecule has 2 aromatic carbocycles. The number of benzene rings is 2. The number of hydrogen-bond donors (Lipinski definition) is 0. The monoisotopic (exact) mass is 328 g/mol. The zero-order valence-corrected chi connectivity index (χ0v) is 13.6. The van der Waals surface area contributed by atoms with Gasteiger partial charge in [0.15, 0.2) is 0 Å². The summed E-state index contributed by atoms with van der Waals surface area (Å²) in [4.78, 5) is 0.540. The van der Waals surface area contributed by atoms with E-state index < -0.39 is 0 Å². The van der Waals surface area contributed by atoms with Gasteiger partial charge in [-0.2, -0.15) is 0 Å². The SMILES string of the molecule is CC#CC(CCCc1ccccc1)[Se]c1ccccc1. The quantitative estimate of drug-likeness (QED) is 0.558. The molecule has 1 heteroatoms. The minimum absolute atomic E-state index is 0.459. The molecule has 1 atom stereocenters. The third-order valence-corrected chi connectivity index (χ3v) is 5.58. The van der Waals surface area contributed by atoms with Crippen molar-refractivity contribution in [3.63, 3.8) is 0 Å². The van der Waals surface area contributed by atoms with Crippen molar-refractivity contribution in [1.29, 1.82) is 0 Å². The first-order valence-electron chi connectivity index (χ1n) is 7.06. The minimum atomic E-state index is 0.459.